The average molecular weight is 427 g/mol. The van der Waals surface area contributed by atoms with Crippen molar-refractivity contribution in [2.24, 2.45) is 17.6 Å². The van der Waals surface area contributed by atoms with Gasteiger partial charge in [-0.15, -0.1) is 0 Å². The zero-order chi connectivity index (χ0) is 22.8. The Labute approximate surface area is 178 Å². The molecular weight excluding hydrogens is 388 g/mol. The van der Waals surface area contributed by atoms with Crippen molar-refractivity contribution < 1.29 is 24.3 Å². The summed E-state index contributed by atoms with van der Waals surface area (Å²) in [6.45, 7) is 6.77. The van der Waals surface area contributed by atoms with Gasteiger partial charge in [-0.1, -0.05) is 46.0 Å². The van der Waals surface area contributed by atoms with Crippen LogP contribution in [0.5, 0.6) is 0 Å². The minimum atomic E-state index is -1.12. The molecule has 6 N–H and O–H groups in total. The molecule has 0 aromatic rings. The highest BCUT2D eigenvalue weighted by Crippen LogP contribution is 2.27. The molecule has 0 unspecified atom stereocenters. The van der Waals surface area contributed by atoms with Gasteiger partial charge in [0.2, 0.25) is 17.7 Å². The van der Waals surface area contributed by atoms with E-state index in [4.69, 9.17) is 5.73 Å². The van der Waals surface area contributed by atoms with Crippen molar-refractivity contribution in [2.45, 2.75) is 96.8 Å². The zero-order valence-electron chi connectivity index (χ0n) is 18.6. The highest BCUT2D eigenvalue weighted by Gasteiger charge is 2.30. The molecule has 0 aromatic heterocycles. The number of nitrogens with one attached hydrogen (secondary N) is 3. The van der Waals surface area contributed by atoms with Crippen molar-refractivity contribution in [3.05, 3.63) is 0 Å². The van der Waals surface area contributed by atoms with Gasteiger partial charge in [0.1, 0.15) is 18.1 Å². The summed E-state index contributed by atoms with van der Waals surface area (Å²) in [5.74, 6) is -2.17. The van der Waals surface area contributed by atoms with Crippen LogP contribution in [0.15, 0.2) is 0 Å². The molecule has 1 aliphatic carbocycles. The molecule has 0 aromatic carbocycles. The van der Waals surface area contributed by atoms with Crippen LogP contribution < -0.4 is 21.7 Å². The summed E-state index contributed by atoms with van der Waals surface area (Å²) in [5, 5.41) is 17.1. The zero-order valence-corrected chi connectivity index (χ0v) is 18.6. The lowest BCUT2D eigenvalue weighted by atomic mass is 9.84. The molecular formula is C21H38N4O5. The van der Waals surface area contributed by atoms with Gasteiger partial charge in [0.15, 0.2) is 0 Å². The van der Waals surface area contributed by atoms with Crippen LogP contribution in [0, 0.1) is 11.8 Å². The normalized spacial score (nSPS) is 18.7. The maximum atomic E-state index is 12.8. The molecule has 172 valence electrons. The Morgan fingerprint density at radius 1 is 0.867 bits per heavy atom. The van der Waals surface area contributed by atoms with E-state index in [0.29, 0.717) is 12.3 Å². The van der Waals surface area contributed by atoms with E-state index in [1.165, 1.54) is 13.3 Å². The first-order chi connectivity index (χ1) is 14.0. The van der Waals surface area contributed by atoms with Crippen LogP contribution in [-0.2, 0) is 19.2 Å². The second kappa shape index (κ2) is 12.5. The van der Waals surface area contributed by atoms with Gasteiger partial charge in [-0.2, -0.15) is 0 Å². The molecule has 9 nitrogen and oxygen atoms in total. The second-order valence-corrected chi connectivity index (χ2v) is 8.85. The third-order valence-electron chi connectivity index (χ3n) is 5.41. The van der Waals surface area contributed by atoms with Crippen LogP contribution in [0.2, 0.25) is 0 Å². The van der Waals surface area contributed by atoms with Crippen LogP contribution in [0.3, 0.4) is 0 Å². The fraction of sp³-hybridized carbons (Fsp3) is 0.810. The number of nitrogens with two attached hydrogens (primary N) is 1. The Balaban J connectivity index is 2.75. The molecule has 1 aliphatic rings. The van der Waals surface area contributed by atoms with E-state index in [2.05, 4.69) is 16.0 Å². The number of aliphatic carboxylic acids is 1. The maximum absolute atomic E-state index is 12.8. The highest BCUT2D eigenvalue weighted by atomic mass is 16.4. The number of carbonyl (C=O) groups excluding carboxylic acids is 3. The van der Waals surface area contributed by atoms with Crippen molar-refractivity contribution >= 4 is 23.7 Å². The third-order valence-corrected chi connectivity index (χ3v) is 5.41. The number of carboxylic acids is 1. The summed E-state index contributed by atoms with van der Waals surface area (Å²) in [4.78, 5) is 48.7. The Morgan fingerprint density at radius 2 is 1.43 bits per heavy atom. The van der Waals surface area contributed by atoms with Crippen LogP contribution in [-0.4, -0.2) is 53.0 Å². The number of hydrogen-bond donors (Lipinski definition) is 5. The molecule has 0 radical (unpaired) electrons. The van der Waals surface area contributed by atoms with Crippen molar-refractivity contribution in [2.75, 3.05) is 0 Å². The molecule has 3 amide bonds. The summed E-state index contributed by atoms with van der Waals surface area (Å²) >= 11 is 0. The molecule has 4 atom stereocenters. The lowest BCUT2D eigenvalue weighted by Crippen LogP contribution is -2.56. The van der Waals surface area contributed by atoms with Crippen molar-refractivity contribution in [1.29, 1.82) is 0 Å². The minimum Gasteiger partial charge on any atom is -0.480 e. The molecule has 0 heterocycles. The lowest BCUT2D eigenvalue weighted by Gasteiger charge is -2.28. The first-order valence-corrected chi connectivity index (χ1v) is 10.9. The molecule has 0 saturated heterocycles. The first kappa shape index (κ1) is 25.9. The van der Waals surface area contributed by atoms with Gasteiger partial charge >= 0.3 is 5.97 Å². The standard InChI is InChI=1S/C21H38N4O5/c1-12(2)10-17(21(29)30)25-19(27)14(4)23-20(28)16(24-18(26)13(3)22)11-15-8-6-5-7-9-15/h12-17H,5-11,22H2,1-4H3,(H,23,28)(H,24,26)(H,25,27)(H,29,30)/t13-,14-,16-,17-/m0/s1. The van der Waals surface area contributed by atoms with Crippen molar-refractivity contribution in [1.82, 2.24) is 16.0 Å². The smallest absolute Gasteiger partial charge is 0.326 e. The molecule has 0 aliphatic heterocycles. The van der Waals surface area contributed by atoms with E-state index in [0.717, 1.165) is 25.7 Å². The van der Waals surface area contributed by atoms with Gasteiger partial charge < -0.3 is 26.8 Å². The monoisotopic (exact) mass is 426 g/mol. The van der Waals surface area contributed by atoms with Gasteiger partial charge in [-0.05, 0) is 38.5 Å². The van der Waals surface area contributed by atoms with Crippen molar-refractivity contribution in [3.63, 3.8) is 0 Å². The van der Waals surface area contributed by atoms with Gasteiger partial charge in [-0.3, -0.25) is 14.4 Å². The second-order valence-electron chi connectivity index (χ2n) is 8.85. The summed E-state index contributed by atoms with van der Waals surface area (Å²) < 4.78 is 0. The third kappa shape index (κ3) is 9.11. The summed E-state index contributed by atoms with van der Waals surface area (Å²) in [6, 6.07) is -3.49. The summed E-state index contributed by atoms with van der Waals surface area (Å²) in [6.07, 6.45) is 6.17. The molecule has 1 rings (SSSR count). The number of rotatable bonds is 11. The average Bonchev–Trinajstić information content (AvgIpc) is 2.66. The van der Waals surface area contributed by atoms with Crippen LogP contribution in [0.25, 0.3) is 0 Å². The Morgan fingerprint density at radius 3 is 1.93 bits per heavy atom. The molecule has 0 bridgehead atoms. The minimum absolute atomic E-state index is 0.0876. The van der Waals surface area contributed by atoms with Gasteiger partial charge in [0, 0.05) is 0 Å². The number of carboxylic acid groups (broad SMARTS) is 1. The Bertz CT molecular complexity index is 602. The van der Waals surface area contributed by atoms with E-state index >= 15 is 0 Å². The number of amides is 3. The van der Waals surface area contributed by atoms with E-state index in [1.54, 1.807) is 6.92 Å². The molecule has 0 spiro atoms. The van der Waals surface area contributed by atoms with E-state index in [-0.39, 0.29) is 12.3 Å². The van der Waals surface area contributed by atoms with Crippen LogP contribution in [0.4, 0.5) is 0 Å². The Hall–Kier alpha value is -2.16. The molecule has 9 heteroatoms. The molecule has 1 saturated carbocycles. The largest absolute Gasteiger partial charge is 0.480 e. The number of hydrogen-bond acceptors (Lipinski definition) is 5. The van der Waals surface area contributed by atoms with Gasteiger partial charge in [-0.25, -0.2) is 4.79 Å². The maximum Gasteiger partial charge on any atom is 0.326 e. The predicted octanol–water partition coefficient (Wildman–Crippen LogP) is 0.909. The van der Waals surface area contributed by atoms with Crippen LogP contribution in [0.1, 0.15) is 72.6 Å². The lowest BCUT2D eigenvalue weighted by molar-refractivity contribution is -0.142. The molecule has 30 heavy (non-hydrogen) atoms. The van der Waals surface area contributed by atoms with Crippen LogP contribution >= 0.6 is 0 Å². The predicted molar refractivity (Wildman–Crippen MR) is 113 cm³/mol. The first-order valence-electron chi connectivity index (χ1n) is 10.9. The quantitative estimate of drug-likeness (QED) is 0.331. The SMILES string of the molecule is CC(C)C[C@H](NC(=O)[C@H](C)NC(=O)[C@H](CC1CCCCC1)NC(=O)[C@H](C)N)C(=O)O. The number of carbonyl (C=O) groups is 4. The fourth-order valence-electron chi connectivity index (χ4n) is 3.66. The summed E-state index contributed by atoms with van der Waals surface area (Å²) in [7, 11) is 0. The van der Waals surface area contributed by atoms with E-state index in [1.807, 2.05) is 13.8 Å². The highest BCUT2D eigenvalue weighted by molar-refractivity contribution is 5.93. The van der Waals surface area contributed by atoms with E-state index in [9.17, 15) is 24.3 Å². The molecule has 1 fully saturated rings. The van der Waals surface area contributed by atoms with Gasteiger partial charge in [0.25, 0.3) is 0 Å². The summed E-state index contributed by atoms with van der Waals surface area (Å²) in [5.41, 5.74) is 5.63. The van der Waals surface area contributed by atoms with Gasteiger partial charge in [0.05, 0.1) is 6.04 Å². The van der Waals surface area contributed by atoms with Crippen molar-refractivity contribution in [3.8, 4) is 0 Å². The fourth-order valence-corrected chi connectivity index (χ4v) is 3.66. The Kier molecular flexibility index (Phi) is 10.8. The van der Waals surface area contributed by atoms with E-state index < -0.39 is 47.9 Å². The topological polar surface area (TPSA) is 151 Å².